The van der Waals surface area contributed by atoms with Gasteiger partial charge in [-0.05, 0) is 35.9 Å². The largest absolute Gasteiger partial charge is 0.504 e. The highest BCUT2D eigenvalue weighted by Gasteiger charge is 2.31. The first-order valence-electron chi connectivity index (χ1n) is 7.29. The Hall–Kier alpha value is -3.35. The van der Waals surface area contributed by atoms with Gasteiger partial charge in [0.25, 0.3) is 0 Å². The van der Waals surface area contributed by atoms with Crippen LogP contribution in [0.15, 0.2) is 30.0 Å². The Balaban J connectivity index is 2.05. The number of aromatic hydroxyl groups is 2. The number of benzene rings is 2. The van der Waals surface area contributed by atoms with E-state index in [9.17, 15) is 15.0 Å². The highest BCUT2D eigenvalue weighted by molar-refractivity contribution is 6.15. The van der Waals surface area contributed by atoms with E-state index in [0.29, 0.717) is 22.8 Å². The molecule has 1 aliphatic heterocycles. The summed E-state index contributed by atoms with van der Waals surface area (Å²) in [6, 6.07) is 5.94. The molecule has 0 bridgehead atoms. The Morgan fingerprint density at radius 2 is 1.64 bits per heavy atom. The Bertz CT molecular complexity index is 858. The van der Waals surface area contributed by atoms with Gasteiger partial charge in [0.1, 0.15) is 0 Å². The highest BCUT2D eigenvalue weighted by atomic mass is 16.5. The fourth-order valence-corrected chi connectivity index (χ4v) is 2.56. The molecule has 0 atom stereocenters. The molecule has 0 radical (unpaired) electrons. The smallest absolute Gasteiger partial charge is 0.232 e. The van der Waals surface area contributed by atoms with Crippen molar-refractivity contribution in [2.24, 2.45) is 0 Å². The van der Waals surface area contributed by atoms with Crippen molar-refractivity contribution in [3.05, 3.63) is 41.2 Å². The van der Waals surface area contributed by atoms with Crippen LogP contribution < -0.4 is 18.9 Å². The molecule has 0 aliphatic carbocycles. The van der Waals surface area contributed by atoms with Crippen LogP contribution >= 0.6 is 0 Å². The lowest BCUT2D eigenvalue weighted by Crippen LogP contribution is -1.99. The van der Waals surface area contributed by atoms with Crippen molar-refractivity contribution < 1.29 is 34.0 Å². The molecule has 0 amide bonds. The third-order valence-electron chi connectivity index (χ3n) is 3.78. The second-order valence-electron chi connectivity index (χ2n) is 5.21. The molecule has 3 rings (SSSR count). The average molecular weight is 344 g/mol. The highest BCUT2D eigenvalue weighted by Crippen LogP contribution is 2.45. The van der Waals surface area contributed by atoms with Crippen LogP contribution in [0.5, 0.6) is 34.5 Å². The van der Waals surface area contributed by atoms with Crippen LogP contribution in [0.3, 0.4) is 0 Å². The molecule has 0 saturated heterocycles. The normalized spacial score (nSPS) is 14.2. The van der Waals surface area contributed by atoms with Gasteiger partial charge >= 0.3 is 0 Å². The number of ketones is 1. The van der Waals surface area contributed by atoms with Gasteiger partial charge in [-0.1, -0.05) is 0 Å². The fraction of sp³-hybridized carbons (Fsp3) is 0.167. The van der Waals surface area contributed by atoms with Crippen LogP contribution in [-0.4, -0.2) is 37.3 Å². The van der Waals surface area contributed by atoms with E-state index in [4.69, 9.17) is 18.9 Å². The summed E-state index contributed by atoms with van der Waals surface area (Å²) in [5, 5.41) is 19.4. The maximum atomic E-state index is 12.4. The van der Waals surface area contributed by atoms with Crippen LogP contribution in [0.2, 0.25) is 0 Å². The van der Waals surface area contributed by atoms with Gasteiger partial charge in [0, 0.05) is 0 Å². The van der Waals surface area contributed by atoms with Gasteiger partial charge in [0.15, 0.2) is 28.8 Å². The molecule has 2 aromatic rings. The molecule has 1 aliphatic rings. The van der Waals surface area contributed by atoms with Crippen LogP contribution in [0, 0.1) is 0 Å². The number of carbonyl (C=O) groups excluding carboxylic acids is 1. The van der Waals surface area contributed by atoms with E-state index in [0.717, 1.165) is 0 Å². The van der Waals surface area contributed by atoms with E-state index >= 15 is 0 Å². The van der Waals surface area contributed by atoms with Crippen molar-refractivity contribution in [2.45, 2.75) is 0 Å². The third-order valence-corrected chi connectivity index (χ3v) is 3.78. The number of phenols is 2. The van der Waals surface area contributed by atoms with E-state index in [2.05, 4.69) is 0 Å². The van der Waals surface area contributed by atoms with Crippen LogP contribution in [-0.2, 0) is 0 Å². The third kappa shape index (κ3) is 2.69. The molecule has 0 unspecified atom stereocenters. The van der Waals surface area contributed by atoms with E-state index in [1.165, 1.54) is 39.5 Å². The number of methoxy groups -OCH3 is 3. The lowest BCUT2D eigenvalue weighted by molar-refractivity contribution is 0.101. The Morgan fingerprint density at radius 1 is 1.00 bits per heavy atom. The number of allylic oxidation sites excluding steroid dienone is 1. The summed E-state index contributed by atoms with van der Waals surface area (Å²) in [6.07, 6.45) is 1.49. The predicted octanol–water partition coefficient (Wildman–Crippen LogP) is 2.74. The number of carbonyl (C=O) groups is 1. The van der Waals surface area contributed by atoms with Crippen molar-refractivity contribution in [1.29, 1.82) is 0 Å². The zero-order valence-electron chi connectivity index (χ0n) is 13.8. The number of Topliss-reactive ketones (excluding diaryl/α,β-unsaturated/α-hetero) is 1. The molecule has 7 heteroatoms. The minimum absolute atomic E-state index is 0.00479. The van der Waals surface area contributed by atoms with E-state index in [-0.39, 0.29) is 22.8 Å². The summed E-state index contributed by atoms with van der Waals surface area (Å²) in [7, 11) is 4.47. The van der Waals surface area contributed by atoms with Gasteiger partial charge in [-0.3, -0.25) is 4.79 Å². The predicted molar refractivity (Wildman–Crippen MR) is 88.8 cm³/mol. The van der Waals surface area contributed by atoms with E-state index in [1.54, 1.807) is 12.1 Å². The minimum atomic E-state index is -0.473. The van der Waals surface area contributed by atoms with Crippen molar-refractivity contribution >= 4 is 11.9 Å². The first-order valence-corrected chi connectivity index (χ1v) is 7.29. The first kappa shape index (κ1) is 16.5. The summed E-state index contributed by atoms with van der Waals surface area (Å²) in [5.74, 6) is -0.0152. The van der Waals surface area contributed by atoms with Crippen molar-refractivity contribution in [3.8, 4) is 34.5 Å². The lowest BCUT2D eigenvalue weighted by Gasteiger charge is -2.13. The molecule has 2 aromatic carbocycles. The number of ether oxygens (including phenoxy) is 4. The number of hydrogen-bond acceptors (Lipinski definition) is 7. The second-order valence-corrected chi connectivity index (χ2v) is 5.21. The monoisotopic (exact) mass is 344 g/mol. The summed E-state index contributed by atoms with van der Waals surface area (Å²) < 4.78 is 21.2. The maximum Gasteiger partial charge on any atom is 0.232 e. The van der Waals surface area contributed by atoms with Gasteiger partial charge in [0.2, 0.25) is 17.3 Å². The molecular formula is C18H16O7. The number of phenolic OH excluding ortho intramolecular Hbond substituents is 2. The summed E-state index contributed by atoms with van der Waals surface area (Å²) >= 11 is 0. The number of fused-ring (bicyclic) bond motifs is 1. The standard InChI is InChI=1S/C18H16O7/c1-22-13-7-9(8-14(23-2)18(13)24-3)6-12-15(20)10-4-5-11(19)16(21)17(10)25-12/h4-8,19,21H,1-3H3/b12-6-. The SMILES string of the molecule is COc1cc(/C=C2\Oc3c(ccc(O)c3O)C2=O)cc(OC)c1OC. The average Bonchev–Trinajstić information content (AvgIpc) is 2.93. The minimum Gasteiger partial charge on any atom is -0.504 e. The molecule has 0 saturated carbocycles. The molecule has 2 N–H and O–H groups in total. The molecule has 7 nitrogen and oxygen atoms in total. The summed E-state index contributed by atoms with van der Waals surface area (Å²) in [4.78, 5) is 12.4. The molecular weight excluding hydrogens is 328 g/mol. The van der Waals surface area contributed by atoms with Gasteiger partial charge < -0.3 is 29.2 Å². The van der Waals surface area contributed by atoms with E-state index < -0.39 is 11.5 Å². The van der Waals surface area contributed by atoms with Crippen LogP contribution in [0.25, 0.3) is 6.08 Å². The molecule has 0 aromatic heterocycles. The van der Waals surface area contributed by atoms with Crippen molar-refractivity contribution in [3.63, 3.8) is 0 Å². The molecule has 0 fully saturated rings. The first-order chi connectivity index (χ1) is 12.0. The Kier molecular flexibility index (Phi) is 4.14. The fourth-order valence-electron chi connectivity index (χ4n) is 2.56. The number of hydrogen-bond donors (Lipinski definition) is 2. The zero-order valence-corrected chi connectivity index (χ0v) is 13.8. The molecule has 1 heterocycles. The van der Waals surface area contributed by atoms with Gasteiger partial charge in [-0.2, -0.15) is 0 Å². The van der Waals surface area contributed by atoms with Gasteiger partial charge in [-0.25, -0.2) is 0 Å². The number of rotatable bonds is 4. The summed E-state index contributed by atoms with van der Waals surface area (Å²) in [6.45, 7) is 0. The van der Waals surface area contributed by atoms with Crippen LogP contribution in [0.4, 0.5) is 0 Å². The lowest BCUT2D eigenvalue weighted by atomic mass is 10.1. The zero-order chi connectivity index (χ0) is 18.1. The van der Waals surface area contributed by atoms with E-state index in [1.807, 2.05) is 0 Å². The second kappa shape index (κ2) is 6.27. The topological polar surface area (TPSA) is 94.5 Å². The molecule has 130 valence electrons. The van der Waals surface area contributed by atoms with Crippen molar-refractivity contribution in [2.75, 3.05) is 21.3 Å². The van der Waals surface area contributed by atoms with Crippen LogP contribution in [0.1, 0.15) is 15.9 Å². The quantitative estimate of drug-likeness (QED) is 0.650. The molecule has 25 heavy (non-hydrogen) atoms. The Morgan fingerprint density at radius 3 is 2.20 bits per heavy atom. The molecule has 0 spiro atoms. The Labute approximate surface area is 143 Å². The van der Waals surface area contributed by atoms with Crippen molar-refractivity contribution in [1.82, 2.24) is 0 Å². The summed E-state index contributed by atoms with van der Waals surface area (Å²) in [5.41, 5.74) is 0.753. The maximum absolute atomic E-state index is 12.4. The van der Waals surface area contributed by atoms with Gasteiger partial charge in [-0.15, -0.1) is 0 Å². The van der Waals surface area contributed by atoms with Gasteiger partial charge in [0.05, 0.1) is 26.9 Å².